The predicted octanol–water partition coefficient (Wildman–Crippen LogP) is 6.04. The van der Waals surface area contributed by atoms with Gasteiger partial charge in [-0.15, -0.1) is 0 Å². The molecule has 1 unspecified atom stereocenters. The van der Waals surface area contributed by atoms with Gasteiger partial charge in [0, 0.05) is 0 Å². The molecule has 128 valence electrons. The van der Waals surface area contributed by atoms with E-state index in [-0.39, 0.29) is 0 Å². The Morgan fingerprint density at radius 3 is 1.92 bits per heavy atom. The molecule has 0 heterocycles. The minimum Gasteiger partial charge on any atom is -0.497 e. The van der Waals surface area contributed by atoms with Crippen LogP contribution in [0.3, 0.4) is 0 Å². The third-order valence-electron chi connectivity index (χ3n) is 4.77. The highest BCUT2D eigenvalue weighted by Crippen LogP contribution is 2.28. The molecule has 1 heteroatoms. The maximum atomic E-state index is 5.31. The van der Waals surface area contributed by atoms with E-state index >= 15 is 0 Å². The highest BCUT2D eigenvalue weighted by molar-refractivity contribution is 5.31. The normalized spacial score (nSPS) is 11.9. The summed E-state index contributed by atoms with van der Waals surface area (Å²) in [6.45, 7) is 0. The molecule has 3 aromatic rings. The lowest BCUT2D eigenvalue weighted by Crippen LogP contribution is -2.04. The lowest BCUT2D eigenvalue weighted by atomic mass is 9.87. The number of aryl methyl sites for hydroxylation is 1. The van der Waals surface area contributed by atoms with E-state index in [1.54, 1.807) is 7.11 Å². The molecule has 3 aromatic carbocycles. The van der Waals surface area contributed by atoms with Crippen LogP contribution < -0.4 is 4.74 Å². The van der Waals surface area contributed by atoms with Crippen molar-refractivity contribution < 1.29 is 4.74 Å². The van der Waals surface area contributed by atoms with Gasteiger partial charge >= 0.3 is 0 Å². The van der Waals surface area contributed by atoms with Crippen molar-refractivity contribution in [1.29, 1.82) is 0 Å². The first-order valence-electron chi connectivity index (χ1n) is 9.07. The van der Waals surface area contributed by atoms with Crippen LogP contribution >= 0.6 is 0 Å². The Kier molecular flexibility index (Phi) is 6.28. The molecule has 0 fully saturated rings. The fourth-order valence-corrected chi connectivity index (χ4v) is 3.36. The van der Waals surface area contributed by atoms with Crippen LogP contribution in [0.5, 0.6) is 5.75 Å². The number of methoxy groups -OCH3 is 1. The fourth-order valence-electron chi connectivity index (χ4n) is 3.36. The zero-order valence-electron chi connectivity index (χ0n) is 14.9. The maximum absolute atomic E-state index is 5.31. The maximum Gasteiger partial charge on any atom is 0.118 e. The number of rotatable bonds is 8. The topological polar surface area (TPSA) is 9.23 Å². The highest BCUT2D eigenvalue weighted by atomic mass is 16.5. The monoisotopic (exact) mass is 330 g/mol. The van der Waals surface area contributed by atoms with Gasteiger partial charge in [0.2, 0.25) is 0 Å². The predicted molar refractivity (Wildman–Crippen MR) is 105 cm³/mol. The van der Waals surface area contributed by atoms with Gasteiger partial charge in [-0.3, -0.25) is 0 Å². The van der Waals surface area contributed by atoms with Gasteiger partial charge in [-0.05, 0) is 60.4 Å². The van der Waals surface area contributed by atoms with Gasteiger partial charge < -0.3 is 4.74 Å². The smallest absolute Gasteiger partial charge is 0.118 e. The van der Waals surface area contributed by atoms with Crippen LogP contribution in [0, 0.1) is 0 Å². The Hall–Kier alpha value is -2.54. The standard InChI is InChI=1S/C24H26O/c1-25-24-17-15-22(16-18-24)23(19-21-11-6-3-7-12-21)14-8-13-20-9-4-2-5-10-20/h2-7,9-12,15-18,23H,8,13-14,19H2,1H3. The minimum absolute atomic E-state index is 0.539. The van der Waals surface area contributed by atoms with E-state index in [0.29, 0.717) is 5.92 Å². The summed E-state index contributed by atoms with van der Waals surface area (Å²) in [5.41, 5.74) is 4.23. The Balaban J connectivity index is 1.69. The molecule has 1 nitrogen and oxygen atoms in total. The van der Waals surface area contributed by atoms with E-state index in [1.165, 1.54) is 29.5 Å². The van der Waals surface area contributed by atoms with Crippen molar-refractivity contribution in [3.05, 3.63) is 102 Å². The summed E-state index contributed by atoms with van der Waals surface area (Å²) in [7, 11) is 1.72. The summed E-state index contributed by atoms with van der Waals surface area (Å²) in [4.78, 5) is 0. The van der Waals surface area contributed by atoms with Crippen molar-refractivity contribution in [2.45, 2.75) is 31.6 Å². The Bertz CT molecular complexity index is 732. The first-order chi connectivity index (χ1) is 12.3. The number of ether oxygens (including phenoxy) is 1. The van der Waals surface area contributed by atoms with Gasteiger partial charge in [0.05, 0.1) is 7.11 Å². The van der Waals surface area contributed by atoms with Gasteiger partial charge in [-0.25, -0.2) is 0 Å². The van der Waals surface area contributed by atoms with Crippen molar-refractivity contribution in [3.8, 4) is 5.75 Å². The zero-order valence-corrected chi connectivity index (χ0v) is 14.9. The van der Waals surface area contributed by atoms with Crippen molar-refractivity contribution in [2.24, 2.45) is 0 Å². The molecule has 0 radical (unpaired) electrons. The molecule has 0 saturated heterocycles. The zero-order chi connectivity index (χ0) is 17.3. The quantitative estimate of drug-likeness (QED) is 0.489. The second-order valence-electron chi connectivity index (χ2n) is 6.54. The van der Waals surface area contributed by atoms with Crippen molar-refractivity contribution in [1.82, 2.24) is 0 Å². The summed E-state index contributed by atoms with van der Waals surface area (Å²) < 4.78 is 5.31. The molecule has 3 rings (SSSR count). The molecule has 0 aliphatic heterocycles. The Labute approximate surface area is 151 Å². The number of benzene rings is 3. The lowest BCUT2D eigenvalue weighted by Gasteiger charge is -2.18. The molecular formula is C24H26O. The van der Waals surface area contributed by atoms with Crippen LogP contribution in [-0.2, 0) is 12.8 Å². The summed E-state index contributed by atoms with van der Waals surface area (Å²) in [5, 5.41) is 0. The number of hydrogen-bond acceptors (Lipinski definition) is 1. The van der Waals surface area contributed by atoms with Crippen LogP contribution in [0.1, 0.15) is 35.4 Å². The van der Waals surface area contributed by atoms with Gasteiger partial charge in [-0.1, -0.05) is 72.8 Å². The average molecular weight is 330 g/mol. The molecule has 0 bridgehead atoms. The van der Waals surface area contributed by atoms with Crippen LogP contribution in [0.4, 0.5) is 0 Å². The molecule has 0 spiro atoms. The molecule has 0 saturated carbocycles. The highest BCUT2D eigenvalue weighted by Gasteiger charge is 2.13. The first-order valence-corrected chi connectivity index (χ1v) is 9.07. The fraction of sp³-hybridized carbons (Fsp3) is 0.250. The Morgan fingerprint density at radius 1 is 0.720 bits per heavy atom. The first kappa shape index (κ1) is 17.3. The molecular weight excluding hydrogens is 304 g/mol. The van der Waals surface area contributed by atoms with E-state index in [2.05, 4.69) is 84.9 Å². The summed E-state index contributed by atoms with van der Waals surface area (Å²) >= 11 is 0. The molecule has 25 heavy (non-hydrogen) atoms. The van der Waals surface area contributed by atoms with E-state index < -0.39 is 0 Å². The average Bonchev–Trinajstić information content (AvgIpc) is 2.69. The van der Waals surface area contributed by atoms with Crippen LogP contribution in [0.2, 0.25) is 0 Å². The molecule has 1 atom stereocenters. The molecule has 0 aliphatic rings. The van der Waals surface area contributed by atoms with Gasteiger partial charge in [0.25, 0.3) is 0 Å². The third-order valence-corrected chi connectivity index (χ3v) is 4.77. The van der Waals surface area contributed by atoms with Crippen LogP contribution in [0.15, 0.2) is 84.9 Å². The molecule has 0 aliphatic carbocycles. The van der Waals surface area contributed by atoms with Crippen LogP contribution in [0.25, 0.3) is 0 Å². The minimum atomic E-state index is 0.539. The second-order valence-corrected chi connectivity index (χ2v) is 6.54. The lowest BCUT2D eigenvalue weighted by molar-refractivity contribution is 0.414. The molecule has 0 N–H and O–H groups in total. The second kappa shape index (κ2) is 9.08. The van der Waals surface area contributed by atoms with Gasteiger partial charge in [0.1, 0.15) is 5.75 Å². The SMILES string of the molecule is COc1ccc(C(CCCc2ccccc2)Cc2ccccc2)cc1. The Morgan fingerprint density at radius 2 is 1.32 bits per heavy atom. The van der Waals surface area contributed by atoms with Gasteiger partial charge in [0.15, 0.2) is 0 Å². The summed E-state index contributed by atoms with van der Waals surface area (Å²) in [5.74, 6) is 1.46. The van der Waals surface area contributed by atoms with Crippen LogP contribution in [-0.4, -0.2) is 7.11 Å². The van der Waals surface area contributed by atoms with E-state index in [1.807, 2.05) is 0 Å². The van der Waals surface area contributed by atoms with Crippen molar-refractivity contribution in [2.75, 3.05) is 7.11 Å². The van der Waals surface area contributed by atoms with E-state index in [9.17, 15) is 0 Å². The third kappa shape index (κ3) is 5.22. The largest absolute Gasteiger partial charge is 0.497 e. The van der Waals surface area contributed by atoms with Gasteiger partial charge in [-0.2, -0.15) is 0 Å². The molecule has 0 aromatic heterocycles. The molecule has 0 amide bonds. The van der Waals surface area contributed by atoms with E-state index in [4.69, 9.17) is 4.74 Å². The summed E-state index contributed by atoms with van der Waals surface area (Å²) in [6.07, 6.45) is 4.62. The number of hydrogen-bond donors (Lipinski definition) is 0. The van der Waals surface area contributed by atoms with E-state index in [0.717, 1.165) is 18.6 Å². The van der Waals surface area contributed by atoms with Crippen molar-refractivity contribution >= 4 is 0 Å². The summed E-state index contributed by atoms with van der Waals surface area (Å²) in [6, 6.07) is 30.2. The van der Waals surface area contributed by atoms with Crippen molar-refractivity contribution in [3.63, 3.8) is 0 Å².